The lowest BCUT2D eigenvalue weighted by Crippen LogP contribution is -2.74. The van der Waals surface area contributed by atoms with Gasteiger partial charge in [0, 0.05) is 39.1 Å². The fraction of sp³-hybridized carbons (Fsp3) is 0.415. The van der Waals surface area contributed by atoms with E-state index in [4.69, 9.17) is 4.74 Å². The summed E-state index contributed by atoms with van der Waals surface area (Å²) in [4.78, 5) is 62.3. The highest BCUT2D eigenvalue weighted by Crippen LogP contribution is 2.39. The van der Waals surface area contributed by atoms with Crippen LogP contribution in [0.25, 0.3) is 6.08 Å². The molecule has 4 amide bonds. The van der Waals surface area contributed by atoms with E-state index in [0.29, 0.717) is 13.1 Å². The molecule has 3 aromatic carbocycles. The summed E-state index contributed by atoms with van der Waals surface area (Å²) in [5.41, 5.74) is 1.01. The molecule has 6 rings (SSSR count). The van der Waals surface area contributed by atoms with Gasteiger partial charge in [-0.1, -0.05) is 98.3 Å². The van der Waals surface area contributed by atoms with E-state index in [0.717, 1.165) is 55.7 Å². The number of β-lactam (4-membered cyclic amide) rings is 1. The third kappa shape index (κ3) is 8.95. The van der Waals surface area contributed by atoms with Crippen LogP contribution >= 0.6 is 0 Å². The molecule has 0 aliphatic carbocycles. The summed E-state index contributed by atoms with van der Waals surface area (Å²) in [6, 6.07) is 19.8. The number of halogens is 3. The fourth-order valence-corrected chi connectivity index (χ4v) is 7.39. The molecule has 3 aliphatic heterocycles. The van der Waals surface area contributed by atoms with Crippen molar-refractivity contribution in [2.24, 2.45) is 0 Å². The zero-order valence-corrected chi connectivity index (χ0v) is 30.3. The molecule has 4 atom stereocenters. The Morgan fingerprint density at radius 3 is 2.33 bits per heavy atom. The van der Waals surface area contributed by atoms with Gasteiger partial charge in [0.1, 0.15) is 18.7 Å². The van der Waals surface area contributed by atoms with Crippen molar-refractivity contribution in [3.8, 4) is 0 Å². The van der Waals surface area contributed by atoms with Crippen LogP contribution in [0.2, 0.25) is 0 Å². The van der Waals surface area contributed by atoms with Gasteiger partial charge in [0.05, 0.1) is 17.6 Å². The van der Waals surface area contributed by atoms with E-state index in [2.05, 4.69) is 17.1 Å². The molecule has 10 nitrogen and oxygen atoms in total. The van der Waals surface area contributed by atoms with Crippen LogP contribution in [-0.2, 0) is 31.8 Å². The summed E-state index contributed by atoms with van der Waals surface area (Å²) in [5.74, 6) is -1.25. The summed E-state index contributed by atoms with van der Waals surface area (Å²) in [6.45, 7) is 5.54. The number of carbonyl (C=O) groups excluding carboxylic acids is 4. The monoisotopic (exact) mass is 745 g/mol. The third-order valence-electron chi connectivity index (χ3n) is 10.4. The molecular weight excluding hydrogens is 699 g/mol. The minimum Gasteiger partial charge on any atom is -0.447 e. The number of unbranched alkanes of at least 4 members (excludes halogenated alkanes) is 1. The second kappa shape index (κ2) is 17.3. The Bertz CT molecular complexity index is 1800. The van der Waals surface area contributed by atoms with Crippen LogP contribution in [-0.4, -0.2) is 101 Å². The average molecular weight is 746 g/mol. The summed E-state index contributed by atoms with van der Waals surface area (Å²) in [5, 5.41) is 2.74. The Morgan fingerprint density at radius 2 is 1.65 bits per heavy atom. The van der Waals surface area contributed by atoms with E-state index in [9.17, 15) is 32.3 Å². The van der Waals surface area contributed by atoms with Gasteiger partial charge in [-0.15, -0.1) is 0 Å². The number of hydrogen-bond acceptors (Lipinski definition) is 6. The smallest absolute Gasteiger partial charge is 0.416 e. The van der Waals surface area contributed by atoms with E-state index in [1.54, 1.807) is 11.0 Å². The number of cyclic esters (lactones) is 1. The van der Waals surface area contributed by atoms with Crippen molar-refractivity contribution < 1.29 is 37.1 Å². The summed E-state index contributed by atoms with van der Waals surface area (Å²) in [7, 11) is 0. The molecular formula is C41H46F3N5O5. The van der Waals surface area contributed by atoms with Gasteiger partial charge < -0.3 is 19.9 Å². The quantitative estimate of drug-likeness (QED) is 0.206. The van der Waals surface area contributed by atoms with Crippen molar-refractivity contribution in [1.29, 1.82) is 0 Å². The van der Waals surface area contributed by atoms with Crippen LogP contribution in [0.3, 0.4) is 0 Å². The first-order chi connectivity index (χ1) is 26.0. The van der Waals surface area contributed by atoms with E-state index in [1.165, 1.54) is 21.9 Å². The zero-order chi connectivity index (χ0) is 38.2. The highest BCUT2D eigenvalue weighted by Gasteiger charge is 2.58. The number of benzene rings is 3. The predicted octanol–water partition coefficient (Wildman–Crippen LogP) is 5.90. The molecule has 0 radical (unpaired) electrons. The summed E-state index contributed by atoms with van der Waals surface area (Å²) < 4.78 is 45.8. The molecule has 3 fully saturated rings. The molecule has 3 heterocycles. The second-order valence-electron chi connectivity index (χ2n) is 13.9. The lowest BCUT2D eigenvalue weighted by Gasteiger charge is -2.52. The highest BCUT2D eigenvalue weighted by atomic mass is 19.4. The summed E-state index contributed by atoms with van der Waals surface area (Å²) in [6.07, 6.45) is 0.491. The van der Waals surface area contributed by atoms with Crippen LogP contribution in [0.5, 0.6) is 0 Å². The van der Waals surface area contributed by atoms with Crippen LogP contribution < -0.4 is 5.32 Å². The third-order valence-corrected chi connectivity index (χ3v) is 10.4. The normalized spacial score (nSPS) is 21.3. The van der Waals surface area contributed by atoms with Gasteiger partial charge in [0.15, 0.2) is 0 Å². The number of nitrogens with one attached hydrogen (secondary N) is 1. The van der Waals surface area contributed by atoms with Gasteiger partial charge in [-0.25, -0.2) is 4.79 Å². The summed E-state index contributed by atoms with van der Waals surface area (Å²) >= 11 is 0. The van der Waals surface area contributed by atoms with Gasteiger partial charge >= 0.3 is 12.3 Å². The van der Waals surface area contributed by atoms with Crippen LogP contribution in [0.4, 0.5) is 18.0 Å². The minimum atomic E-state index is -4.56. The van der Waals surface area contributed by atoms with Crippen molar-refractivity contribution in [3.05, 3.63) is 113 Å². The first kappa shape index (κ1) is 38.6. The Kier molecular flexibility index (Phi) is 12.4. The first-order valence-electron chi connectivity index (χ1n) is 18.5. The number of carbonyl (C=O) groups is 4. The maximum Gasteiger partial charge on any atom is 0.416 e. The molecule has 1 N–H and O–H groups in total. The average Bonchev–Trinajstić information content (AvgIpc) is 3.56. The number of amides is 4. The lowest BCUT2D eigenvalue weighted by molar-refractivity contribution is -0.163. The predicted molar refractivity (Wildman–Crippen MR) is 197 cm³/mol. The van der Waals surface area contributed by atoms with Crippen molar-refractivity contribution in [2.45, 2.75) is 69.5 Å². The van der Waals surface area contributed by atoms with Gasteiger partial charge in [-0.05, 0) is 48.2 Å². The topological polar surface area (TPSA) is 103 Å². The second-order valence-corrected chi connectivity index (χ2v) is 13.9. The Labute approximate surface area is 313 Å². The molecule has 0 aromatic heterocycles. The van der Waals surface area contributed by atoms with E-state index >= 15 is 0 Å². The molecule has 3 aliphatic rings. The maximum absolute atomic E-state index is 14.4. The molecule has 0 saturated carbocycles. The van der Waals surface area contributed by atoms with Crippen molar-refractivity contribution in [3.63, 3.8) is 0 Å². The number of likely N-dealkylation sites (tertiary alicyclic amines) is 1. The van der Waals surface area contributed by atoms with E-state index in [-0.39, 0.29) is 37.5 Å². The maximum atomic E-state index is 14.4. The molecule has 0 unspecified atom stereocenters. The number of alkyl halides is 3. The standard InChI is InChI=1S/C41H46F3N5O5/c1-2-3-21-46-22-24-47(25-23-46)36(50)20-19-34(38(51)45-27-30-13-10-16-32(26-30)41(42,43)44)48-33(18-17-29-11-6-4-7-12-29)37(39(48)52)49-35(28-54-40(49)53)31-14-8-5-9-15-31/h4-18,26,33-35,37H,2-3,19-25,27-28H2,1H3,(H,45,51)/b18-17+/t33-,34-,35-,37+/m1/s1. The van der Waals surface area contributed by atoms with Crippen LogP contribution in [0.15, 0.2) is 91.0 Å². The molecule has 286 valence electrons. The van der Waals surface area contributed by atoms with Crippen LogP contribution in [0.1, 0.15) is 60.9 Å². The van der Waals surface area contributed by atoms with Crippen molar-refractivity contribution in [2.75, 3.05) is 39.3 Å². The minimum absolute atomic E-state index is 0.0238. The highest BCUT2D eigenvalue weighted by molar-refractivity contribution is 5.98. The number of rotatable bonds is 14. The van der Waals surface area contributed by atoms with Gasteiger partial charge in [0.25, 0.3) is 0 Å². The molecule has 13 heteroatoms. The molecule has 0 spiro atoms. The van der Waals surface area contributed by atoms with Gasteiger partial charge in [0.2, 0.25) is 17.7 Å². The van der Waals surface area contributed by atoms with Crippen molar-refractivity contribution in [1.82, 2.24) is 24.9 Å². The Hall–Kier alpha value is -5.17. The largest absolute Gasteiger partial charge is 0.447 e. The van der Waals surface area contributed by atoms with E-state index < -0.39 is 53.8 Å². The number of piperazine rings is 1. The van der Waals surface area contributed by atoms with E-state index in [1.807, 2.05) is 66.7 Å². The molecule has 3 aromatic rings. The van der Waals surface area contributed by atoms with Crippen molar-refractivity contribution >= 4 is 29.9 Å². The number of nitrogens with zero attached hydrogens (tertiary/aromatic N) is 4. The van der Waals surface area contributed by atoms with Gasteiger partial charge in [-0.2, -0.15) is 13.2 Å². The molecule has 3 saturated heterocycles. The Balaban J connectivity index is 1.27. The first-order valence-corrected chi connectivity index (χ1v) is 18.5. The Morgan fingerprint density at radius 1 is 0.944 bits per heavy atom. The molecule has 0 bridgehead atoms. The molecule has 54 heavy (non-hydrogen) atoms. The number of ether oxygens (including phenoxy) is 1. The number of hydrogen-bond donors (Lipinski definition) is 1. The fourth-order valence-electron chi connectivity index (χ4n) is 7.39. The SMILES string of the molecule is CCCCN1CCN(C(=O)CC[C@H](C(=O)NCc2cccc(C(F)(F)F)c2)N2C(=O)[C@@H](N3C(=O)OC[C@@H]3c3ccccc3)[C@H]2/C=C/c2ccccc2)CC1. The zero-order valence-electron chi connectivity index (χ0n) is 30.3. The van der Waals surface area contributed by atoms with Gasteiger partial charge in [-0.3, -0.25) is 24.2 Å². The lowest BCUT2D eigenvalue weighted by atomic mass is 9.87. The van der Waals surface area contributed by atoms with Crippen LogP contribution in [0, 0.1) is 0 Å².